The number of aryl methyl sites for hydroxylation is 1. The molecule has 0 saturated heterocycles. The number of ether oxygens (including phenoxy) is 1. The molecule has 0 aliphatic heterocycles. The van der Waals surface area contributed by atoms with E-state index in [0.29, 0.717) is 18.2 Å². The van der Waals surface area contributed by atoms with Gasteiger partial charge in [0.25, 0.3) is 5.89 Å². The Morgan fingerprint density at radius 1 is 1.32 bits per heavy atom. The summed E-state index contributed by atoms with van der Waals surface area (Å²) in [6, 6.07) is 3.76. The summed E-state index contributed by atoms with van der Waals surface area (Å²) >= 11 is 0. The first kappa shape index (κ1) is 13.5. The van der Waals surface area contributed by atoms with Crippen molar-refractivity contribution >= 4 is 0 Å². The number of rotatable bonds is 7. The lowest BCUT2D eigenvalue weighted by Gasteiger charge is -2.03. The Hall–Kier alpha value is -1.95. The minimum absolute atomic E-state index is 0.259. The van der Waals surface area contributed by atoms with E-state index < -0.39 is 0 Å². The Morgan fingerprint density at radius 2 is 2.21 bits per heavy atom. The van der Waals surface area contributed by atoms with Crippen molar-refractivity contribution in [3.05, 3.63) is 35.7 Å². The van der Waals surface area contributed by atoms with Crippen molar-refractivity contribution < 1.29 is 9.26 Å². The highest BCUT2D eigenvalue weighted by Crippen LogP contribution is 2.11. The van der Waals surface area contributed by atoms with E-state index >= 15 is 0 Å². The fourth-order valence-electron chi connectivity index (χ4n) is 1.61. The van der Waals surface area contributed by atoms with Gasteiger partial charge in [0.2, 0.25) is 0 Å². The molecule has 0 aliphatic rings. The molecule has 102 valence electrons. The molecular formula is C13H18N4O2. The number of hydrogen-bond acceptors (Lipinski definition) is 6. The summed E-state index contributed by atoms with van der Waals surface area (Å²) in [5.74, 6) is 1.88. The van der Waals surface area contributed by atoms with Gasteiger partial charge < -0.3 is 15.0 Å². The van der Waals surface area contributed by atoms with Crippen LogP contribution in [0.4, 0.5) is 0 Å². The Kier molecular flexibility index (Phi) is 4.85. The van der Waals surface area contributed by atoms with E-state index in [2.05, 4.69) is 22.0 Å². The Balaban J connectivity index is 1.86. The van der Waals surface area contributed by atoms with Gasteiger partial charge in [0.1, 0.15) is 5.75 Å². The summed E-state index contributed by atoms with van der Waals surface area (Å²) in [6.45, 7) is 2.92. The van der Waals surface area contributed by atoms with Crippen molar-refractivity contribution in [2.45, 2.75) is 32.8 Å². The van der Waals surface area contributed by atoms with Gasteiger partial charge in [0, 0.05) is 18.5 Å². The predicted molar refractivity (Wildman–Crippen MR) is 69.6 cm³/mol. The van der Waals surface area contributed by atoms with Crippen LogP contribution in [0.1, 0.15) is 30.8 Å². The highest BCUT2D eigenvalue weighted by molar-refractivity contribution is 5.20. The van der Waals surface area contributed by atoms with E-state index in [0.717, 1.165) is 30.8 Å². The quantitative estimate of drug-likeness (QED) is 0.813. The van der Waals surface area contributed by atoms with Gasteiger partial charge in [0.15, 0.2) is 12.4 Å². The molecule has 0 spiro atoms. The van der Waals surface area contributed by atoms with Crippen LogP contribution in [0.25, 0.3) is 0 Å². The van der Waals surface area contributed by atoms with Gasteiger partial charge >= 0.3 is 0 Å². The van der Waals surface area contributed by atoms with Crippen LogP contribution in [0.5, 0.6) is 5.75 Å². The first-order valence-corrected chi connectivity index (χ1v) is 6.41. The fourth-order valence-corrected chi connectivity index (χ4v) is 1.61. The molecular weight excluding hydrogens is 244 g/mol. The predicted octanol–water partition coefficient (Wildman–Crippen LogP) is 1.50. The van der Waals surface area contributed by atoms with Crippen LogP contribution >= 0.6 is 0 Å². The zero-order valence-electron chi connectivity index (χ0n) is 11.0. The molecule has 2 heterocycles. The summed E-state index contributed by atoms with van der Waals surface area (Å²) in [5.41, 5.74) is 6.42. The van der Waals surface area contributed by atoms with E-state index in [-0.39, 0.29) is 6.61 Å². The van der Waals surface area contributed by atoms with Crippen molar-refractivity contribution in [1.82, 2.24) is 15.1 Å². The van der Waals surface area contributed by atoms with Crippen LogP contribution in [0.2, 0.25) is 0 Å². The van der Waals surface area contributed by atoms with Gasteiger partial charge in [-0.25, -0.2) is 0 Å². The van der Waals surface area contributed by atoms with Gasteiger partial charge in [-0.3, -0.25) is 4.98 Å². The second kappa shape index (κ2) is 6.84. The maximum absolute atomic E-state index is 5.53. The number of nitrogens with two attached hydrogens (primary N) is 1. The van der Waals surface area contributed by atoms with Crippen LogP contribution < -0.4 is 10.5 Å². The molecule has 19 heavy (non-hydrogen) atoms. The van der Waals surface area contributed by atoms with Crippen LogP contribution in [-0.2, 0) is 19.4 Å². The number of hydrogen-bond donors (Lipinski definition) is 1. The van der Waals surface area contributed by atoms with Crippen molar-refractivity contribution in [3.8, 4) is 5.75 Å². The second-order valence-corrected chi connectivity index (χ2v) is 4.17. The van der Waals surface area contributed by atoms with Gasteiger partial charge in [-0.1, -0.05) is 12.1 Å². The SMILES string of the molecule is CCCc1noc(COc2ccc(CCN)nc2)n1. The Bertz CT molecular complexity index is 496. The van der Waals surface area contributed by atoms with Crippen LogP contribution in [0.3, 0.4) is 0 Å². The molecule has 0 radical (unpaired) electrons. The lowest BCUT2D eigenvalue weighted by atomic mass is 10.3. The third kappa shape index (κ3) is 4.03. The van der Waals surface area contributed by atoms with Crippen LogP contribution in [0, 0.1) is 0 Å². The summed E-state index contributed by atoms with van der Waals surface area (Å²) in [6.07, 6.45) is 4.25. The molecule has 0 atom stereocenters. The van der Waals surface area contributed by atoms with Gasteiger partial charge in [0.05, 0.1) is 6.20 Å². The molecule has 0 saturated carbocycles. The first-order chi connectivity index (χ1) is 9.31. The monoisotopic (exact) mass is 262 g/mol. The first-order valence-electron chi connectivity index (χ1n) is 6.41. The Morgan fingerprint density at radius 3 is 2.89 bits per heavy atom. The van der Waals surface area contributed by atoms with E-state index in [4.69, 9.17) is 15.0 Å². The molecule has 0 bridgehead atoms. The highest BCUT2D eigenvalue weighted by atomic mass is 16.5. The third-order valence-corrected chi connectivity index (χ3v) is 2.54. The minimum atomic E-state index is 0.259. The van der Waals surface area contributed by atoms with E-state index in [1.807, 2.05) is 12.1 Å². The molecule has 2 rings (SSSR count). The zero-order valence-corrected chi connectivity index (χ0v) is 11.0. The van der Waals surface area contributed by atoms with Gasteiger partial charge in [-0.05, 0) is 25.1 Å². The van der Waals surface area contributed by atoms with E-state index in [9.17, 15) is 0 Å². The standard InChI is InChI=1S/C13H18N4O2/c1-2-3-12-16-13(19-17-12)9-18-11-5-4-10(6-7-14)15-8-11/h4-5,8H,2-3,6-7,9,14H2,1H3. The van der Waals surface area contributed by atoms with Crippen LogP contribution in [-0.4, -0.2) is 21.7 Å². The lowest BCUT2D eigenvalue weighted by molar-refractivity contribution is 0.241. The van der Waals surface area contributed by atoms with E-state index in [1.165, 1.54) is 0 Å². The molecule has 0 aromatic carbocycles. The molecule has 2 N–H and O–H groups in total. The molecule has 2 aromatic heterocycles. The summed E-state index contributed by atoms with van der Waals surface area (Å²) < 4.78 is 10.6. The smallest absolute Gasteiger partial charge is 0.264 e. The van der Waals surface area contributed by atoms with E-state index in [1.54, 1.807) is 6.20 Å². The van der Waals surface area contributed by atoms with Gasteiger partial charge in [-0.2, -0.15) is 4.98 Å². The van der Waals surface area contributed by atoms with Crippen LogP contribution in [0.15, 0.2) is 22.9 Å². The maximum atomic E-state index is 5.53. The zero-order chi connectivity index (χ0) is 13.5. The second-order valence-electron chi connectivity index (χ2n) is 4.17. The normalized spacial score (nSPS) is 10.6. The molecule has 2 aromatic rings. The third-order valence-electron chi connectivity index (χ3n) is 2.54. The van der Waals surface area contributed by atoms with Crippen molar-refractivity contribution in [2.75, 3.05) is 6.54 Å². The summed E-state index contributed by atoms with van der Waals surface area (Å²) in [4.78, 5) is 8.47. The summed E-state index contributed by atoms with van der Waals surface area (Å²) in [7, 11) is 0. The van der Waals surface area contributed by atoms with Gasteiger partial charge in [-0.15, -0.1) is 0 Å². The largest absolute Gasteiger partial charge is 0.482 e. The van der Waals surface area contributed by atoms with Crippen molar-refractivity contribution in [1.29, 1.82) is 0 Å². The minimum Gasteiger partial charge on any atom is -0.482 e. The maximum Gasteiger partial charge on any atom is 0.264 e. The van der Waals surface area contributed by atoms with Crippen molar-refractivity contribution in [3.63, 3.8) is 0 Å². The fraction of sp³-hybridized carbons (Fsp3) is 0.462. The molecule has 0 amide bonds. The average molecular weight is 262 g/mol. The highest BCUT2D eigenvalue weighted by Gasteiger charge is 2.06. The molecule has 0 aliphatic carbocycles. The molecule has 6 heteroatoms. The lowest BCUT2D eigenvalue weighted by Crippen LogP contribution is -2.04. The molecule has 0 unspecified atom stereocenters. The Labute approximate surface area is 112 Å². The topological polar surface area (TPSA) is 87.1 Å². The van der Waals surface area contributed by atoms with Crippen molar-refractivity contribution in [2.24, 2.45) is 5.73 Å². The number of nitrogens with zero attached hydrogens (tertiary/aromatic N) is 3. The average Bonchev–Trinajstić information content (AvgIpc) is 2.87. The molecule has 0 fully saturated rings. The molecule has 6 nitrogen and oxygen atoms in total. The number of aromatic nitrogens is 3. The number of pyridine rings is 1. The summed E-state index contributed by atoms with van der Waals surface area (Å²) in [5, 5.41) is 3.86.